The second-order valence-corrected chi connectivity index (χ2v) is 5.25. The minimum atomic E-state index is -0.760. The molecule has 0 aliphatic heterocycles. The lowest BCUT2D eigenvalue weighted by molar-refractivity contribution is -0.137. The second kappa shape index (κ2) is 4.53. The number of hydrogen-bond acceptors (Lipinski definition) is 1. The number of rotatable bonds is 3. The summed E-state index contributed by atoms with van der Waals surface area (Å²) in [6.07, 6.45) is 0.158. The lowest BCUT2D eigenvalue weighted by Crippen LogP contribution is -2.06. The average molecular weight is 296 g/mol. The Labute approximate surface area is 108 Å². The van der Waals surface area contributed by atoms with Gasteiger partial charge in [0.15, 0.2) is 0 Å². The highest BCUT2D eigenvalue weighted by Gasteiger charge is 2.15. The van der Waals surface area contributed by atoms with Crippen molar-refractivity contribution in [3.63, 3.8) is 0 Å². The minimum absolute atomic E-state index is 0.0173. The zero-order valence-corrected chi connectivity index (χ0v) is 11.4. The molecule has 0 fully saturated rings. The van der Waals surface area contributed by atoms with Crippen molar-refractivity contribution < 1.29 is 9.90 Å². The van der Waals surface area contributed by atoms with Crippen molar-refractivity contribution in [3.8, 4) is 0 Å². The fourth-order valence-electron chi connectivity index (χ4n) is 2.16. The molecule has 4 heteroatoms. The van der Waals surface area contributed by atoms with E-state index in [0.29, 0.717) is 0 Å². The number of aliphatic carboxylic acids is 1. The Bertz CT molecular complexity index is 574. The number of fused-ring (bicyclic) bond motifs is 1. The Balaban J connectivity index is 2.48. The summed E-state index contributed by atoms with van der Waals surface area (Å²) in [5, 5.41) is 9.98. The maximum Gasteiger partial charge on any atom is 0.304 e. The lowest BCUT2D eigenvalue weighted by atomic mass is 10.0. The van der Waals surface area contributed by atoms with Gasteiger partial charge in [0.2, 0.25) is 0 Å². The molecular weight excluding hydrogens is 282 g/mol. The third kappa shape index (κ3) is 2.36. The van der Waals surface area contributed by atoms with E-state index < -0.39 is 5.97 Å². The number of nitrogens with zero attached hydrogens (tertiary/aromatic N) is 1. The van der Waals surface area contributed by atoms with Gasteiger partial charge in [-0.25, -0.2) is 0 Å². The number of aryl methyl sites for hydroxylation is 1. The maximum absolute atomic E-state index is 10.7. The van der Waals surface area contributed by atoms with Crippen LogP contribution < -0.4 is 0 Å². The Morgan fingerprint density at radius 2 is 2.18 bits per heavy atom. The van der Waals surface area contributed by atoms with E-state index in [1.54, 1.807) is 0 Å². The van der Waals surface area contributed by atoms with Crippen LogP contribution in [-0.4, -0.2) is 15.6 Å². The van der Waals surface area contributed by atoms with Gasteiger partial charge in [0, 0.05) is 28.6 Å². The molecule has 0 spiro atoms. The second-order valence-electron chi connectivity index (χ2n) is 4.33. The molecule has 0 bridgehead atoms. The molecule has 0 saturated heterocycles. The number of carboxylic acids is 1. The van der Waals surface area contributed by atoms with Crippen LogP contribution in [-0.2, 0) is 11.8 Å². The fraction of sp³-hybridized carbons (Fsp3) is 0.308. The molecule has 17 heavy (non-hydrogen) atoms. The predicted molar refractivity (Wildman–Crippen MR) is 71.3 cm³/mol. The summed E-state index contributed by atoms with van der Waals surface area (Å²) in [4.78, 5) is 10.7. The SMILES string of the molecule is CC(CC(=O)O)c1cc2ccc(Br)cc2n1C. The van der Waals surface area contributed by atoms with E-state index >= 15 is 0 Å². The molecule has 1 aromatic heterocycles. The van der Waals surface area contributed by atoms with Gasteiger partial charge in [0.25, 0.3) is 0 Å². The summed E-state index contributed by atoms with van der Waals surface area (Å²) in [7, 11) is 1.97. The number of carboxylic acid groups (broad SMARTS) is 1. The van der Waals surface area contributed by atoms with E-state index in [1.807, 2.05) is 32.2 Å². The molecule has 90 valence electrons. The summed E-state index contributed by atoms with van der Waals surface area (Å²) in [6, 6.07) is 8.14. The maximum atomic E-state index is 10.7. The van der Waals surface area contributed by atoms with Crippen molar-refractivity contribution in [1.29, 1.82) is 0 Å². The summed E-state index contributed by atoms with van der Waals surface area (Å²) < 4.78 is 3.09. The first kappa shape index (κ1) is 12.2. The summed E-state index contributed by atoms with van der Waals surface area (Å²) in [5.74, 6) is -0.743. The largest absolute Gasteiger partial charge is 0.481 e. The fourth-order valence-corrected chi connectivity index (χ4v) is 2.51. The number of aromatic nitrogens is 1. The van der Waals surface area contributed by atoms with Gasteiger partial charge in [-0.05, 0) is 23.6 Å². The summed E-state index contributed by atoms with van der Waals surface area (Å²) in [5.41, 5.74) is 2.17. The van der Waals surface area contributed by atoms with Crippen molar-refractivity contribution in [3.05, 3.63) is 34.4 Å². The molecule has 0 aliphatic carbocycles. The Morgan fingerprint density at radius 1 is 1.47 bits per heavy atom. The molecule has 1 atom stereocenters. The number of hydrogen-bond donors (Lipinski definition) is 1. The van der Waals surface area contributed by atoms with Crippen LogP contribution in [0.25, 0.3) is 10.9 Å². The van der Waals surface area contributed by atoms with Crippen LogP contribution in [0.3, 0.4) is 0 Å². The predicted octanol–water partition coefficient (Wildman–Crippen LogP) is 3.52. The van der Waals surface area contributed by atoms with Gasteiger partial charge in [0.05, 0.1) is 6.42 Å². The van der Waals surface area contributed by atoms with Crippen LogP contribution >= 0.6 is 15.9 Å². The standard InChI is InChI=1S/C13H14BrNO2/c1-8(5-13(16)17)11-6-9-3-4-10(14)7-12(9)15(11)2/h3-4,6-8H,5H2,1-2H3,(H,16,17). The quantitative estimate of drug-likeness (QED) is 0.941. The van der Waals surface area contributed by atoms with Crippen molar-refractivity contribution in [2.75, 3.05) is 0 Å². The monoisotopic (exact) mass is 295 g/mol. The smallest absolute Gasteiger partial charge is 0.304 e. The van der Waals surface area contributed by atoms with Gasteiger partial charge < -0.3 is 9.67 Å². The molecule has 1 N–H and O–H groups in total. The average Bonchev–Trinajstić information content (AvgIpc) is 2.55. The highest BCUT2D eigenvalue weighted by atomic mass is 79.9. The third-order valence-corrected chi connectivity index (χ3v) is 3.52. The molecule has 3 nitrogen and oxygen atoms in total. The van der Waals surface area contributed by atoms with Gasteiger partial charge in [-0.3, -0.25) is 4.79 Å². The lowest BCUT2D eigenvalue weighted by Gasteiger charge is -2.10. The zero-order valence-electron chi connectivity index (χ0n) is 9.77. The first-order valence-corrected chi connectivity index (χ1v) is 6.25. The number of carbonyl (C=O) groups is 1. The summed E-state index contributed by atoms with van der Waals surface area (Å²) in [6.45, 7) is 1.94. The van der Waals surface area contributed by atoms with Gasteiger partial charge in [0.1, 0.15) is 0 Å². The molecule has 0 amide bonds. The van der Waals surface area contributed by atoms with Crippen molar-refractivity contribution in [1.82, 2.24) is 4.57 Å². The van der Waals surface area contributed by atoms with E-state index in [9.17, 15) is 4.79 Å². The van der Waals surface area contributed by atoms with Gasteiger partial charge in [-0.1, -0.05) is 28.9 Å². The van der Waals surface area contributed by atoms with Crippen LogP contribution in [0.4, 0.5) is 0 Å². The van der Waals surface area contributed by atoms with Crippen LogP contribution in [0.1, 0.15) is 25.0 Å². The molecule has 1 unspecified atom stereocenters. The third-order valence-electron chi connectivity index (χ3n) is 3.03. The van der Waals surface area contributed by atoms with E-state index in [-0.39, 0.29) is 12.3 Å². The van der Waals surface area contributed by atoms with Crippen molar-refractivity contribution in [2.45, 2.75) is 19.3 Å². The zero-order chi connectivity index (χ0) is 12.6. The van der Waals surface area contributed by atoms with Gasteiger partial charge in [-0.2, -0.15) is 0 Å². The van der Waals surface area contributed by atoms with E-state index in [1.165, 1.54) is 0 Å². The van der Waals surface area contributed by atoms with E-state index in [0.717, 1.165) is 21.1 Å². The Kier molecular flexibility index (Phi) is 3.24. The minimum Gasteiger partial charge on any atom is -0.481 e. The number of benzene rings is 1. The Hall–Kier alpha value is -1.29. The molecule has 0 saturated carbocycles. The highest BCUT2D eigenvalue weighted by Crippen LogP contribution is 2.28. The topological polar surface area (TPSA) is 42.2 Å². The summed E-state index contributed by atoms with van der Waals surface area (Å²) >= 11 is 3.45. The van der Waals surface area contributed by atoms with Crippen LogP contribution in [0.5, 0.6) is 0 Å². The van der Waals surface area contributed by atoms with Crippen molar-refractivity contribution in [2.24, 2.45) is 7.05 Å². The normalized spacial score (nSPS) is 12.9. The van der Waals surface area contributed by atoms with Crippen LogP contribution in [0.2, 0.25) is 0 Å². The first-order valence-electron chi connectivity index (χ1n) is 5.45. The van der Waals surface area contributed by atoms with Gasteiger partial charge >= 0.3 is 5.97 Å². The molecule has 2 rings (SSSR count). The molecular formula is C13H14BrNO2. The van der Waals surface area contributed by atoms with Crippen LogP contribution in [0.15, 0.2) is 28.7 Å². The van der Waals surface area contributed by atoms with Crippen molar-refractivity contribution >= 4 is 32.8 Å². The van der Waals surface area contributed by atoms with E-state index in [2.05, 4.69) is 26.6 Å². The van der Waals surface area contributed by atoms with Crippen LogP contribution in [0, 0.1) is 0 Å². The molecule has 1 aromatic carbocycles. The Morgan fingerprint density at radius 3 is 2.82 bits per heavy atom. The first-order chi connectivity index (χ1) is 7.99. The van der Waals surface area contributed by atoms with Gasteiger partial charge in [-0.15, -0.1) is 0 Å². The molecule has 1 heterocycles. The number of halogens is 1. The molecule has 0 radical (unpaired) electrons. The van der Waals surface area contributed by atoms with E-state index in [4.69, 9.17) is 5.11 Å². The highest BCUT2D eigenvalue weighted by molar-refractivity contribution is 9.10. The molecule has 0 aliphatic rings. The molecule has 2 aromatic rings.